The zero-order chi connectivity index (χ0) is 14.0. The molecule has 2 heterocycles. The normalized spacial score (nSPS) is 25.3. The van der Waals surface area contributed by atoms with Crippen molar-refractivity contribution < 1.29 is 4.79 Å². The van der Waals surface area contributed by atoms with Crippen molar-refractivity contribution in [3.05, 3.63) is 35.9 Å². The molecule has 2 fully saturated rings. The number of likely N-dealkylation sites (tertiary alicyclic amines) is 1. The van der Waals surface area contributed by atoms with Crippen molar-refractivity contribution in [1.29, 1.82) is 0 Å². The highest BCUT2D eigenvalue weighted by atomic mass is 35.5. The third kappa shape index (κ3) is 3.78. The van der Waals surface area contributed by atoms with E-state index < -0.39 is 0 Å². The summed E-state index contributed by atoms with van der Waals surface area (Å²) in [6.07, 6.45) is 3.43. The van der Waals surface area contributed by atoms with Gasteiger partial charge in [0, 0.05) is 26.2 Å². The van der Waals surface area contributed by atoms with Crippen molar-refractivity contribution in [2.45, 2.75) is 26.2 Å². The van der Waals surface area contributed by atoms with E-state index in [1.165, 1.54) is 12.0 Å². The van der Waals surface area contributed by atoms with Gasteiger partial charge < -0.3 is 10.2 Å². The molecule has 0 saturated carbocycles. The highest BCUT2D eigenvalue weighted by Gasteiger charge is 2.38. The van der Waals surface area contributed by atoms with Crippen molar-refractivity contribution in [3.63, 3.8) is 0 Å². The average molecular weight is 309 g/mol. The number of rotatable bonds is 4. The van der Waals surface area contributed by atoms with Crippen LogP contribution >= 0.6 is 12.4 Å². The molecule has 2 saturated heterocycles. The van der Waals surface area contributed by atoms with E-state index in [1.807, 2.05) is 0 Å². The molecule has 4 heteroatoms. The van der Waals surface area contributed by atoms with Crippen LogP contribution in [0.1, 0.15) is 25.3 Å². The van der Waals surface area contributed by atoms with Crippen LogP contribution in [0.5, 0.6) is 0 Å². The third-order valence-corrected chi connectivity index (χ3v) is 4.86. The number of hydrogen-bond donors (Lipinski definition) is 1. The quantitative estimate of drug-likeness (QED) is 0.927. The molecule has 2 aliphatic rings. The maximum Gasteiger partial charge on any atom is 0.228 e. The molecule has 1 atom stereocenters. The number of nitrogens with one attached hydrogen (secondary N) is 1. The van der Waals surface area contributed by atoms with Crippen LogP contribution in [0.25, 0.3) is 0 Å². The number of amides is 1. The van der Waals surface area contributed by atoms with E-state index in [0.29, 0.717) is 11.3 Å². The second kappa shape index (κ2) is 6.80. The van der Waals surface area contributed by atoms with Gasteiger partial charge in [-0.05, 0) is 30.2 Å². The van der Waals surface area contributed by atoms with Crippen molar-refractivity contribution in [1.82, 2.24) is 10.2 Å². The van der Waals surface area contributed by atoms with Crippen molar-refractivity contribution in [2.75, 3.05) is 26.2 Å². The van der Waals surface area contributed by atoms with Gasteiger partial charge in [0.15, 0.2) is 0 Å². The minimum absolute atomic E-state index is 0. The Morgan fingerprint density at radius 1 is 1.33 bits per heavy atom. The predicted molar refractivity (Wildman–Crippen MR) is 87.7 cm³/mol. The molecule has 0 aliphatic carbocycles. The number of carbonyl (C=O) groups excluding carboxylic acids is 1. The summed E-state index contributed by atoms with van der Waals surface area (Å²) in [5, 5.41) is 3.19. The number of carbonyl (C=O) groups is 1. The first-order valence-corrected chi connectivity index (χ1v) is 7.70. The number of aryl methyl sites for hydroxylation is 1. The molecule has 0 bridgehead atoms. The Balaban J connectivity index is 0.00000161. The molecule has 1 aromatic rings. The summed E-state index contributed by atoms with van der Waals surface area (Å²) < 4.78 is 0. The van der Waals surface area contributed by atoms with E-state index in [4.69, 9.17) is 0 Å². The largest absolute Gasteiger partial charge is 0.342 e. The molecule has 0 spiro atoms. The second-order valence-corrected chi connectivity index (χ2v) is 6.66. The molecule has 0 radical (unpaired) electrons. The van der Waals surface area contributed by atoms with E-state index in [1.54, 1.807) is 0 Å². The molecular weight excluding hydrogens is 284 g/mol. The monoisotopic (exact) mass is 308 g/mol. The third-order valence-electron chi connectivity index (χ3n) is 4.86. The molecule has 1 aromatic carbocycles. The average Bonchev–Trinajstić information content (AvgIpc) is 2.79. The molecule has 0 aromatic heterocycles. The van der Waals surface area contributed by atoms with Crippen LogP contribution in [0, 0.1) is 11.3 Å². The Bertz CT molecular complexity index is 475. The van der Waals surface area contributed by atoms with Gasteiger partial charge in [-0.3, -0.25) is 4.79 Å². The Hall–Kier alpha value is -1.06. The zero-order valence-electron chi connectivity index (χ0n) is 12.7. The smallest absolute Gasteiger partial charge is 0.228 e. The first kappa shape index (κ1) is 16.3. The van der Waals surface area contributed by atoms with Gasteiger partial charge in [-0.25, -0.2) is 0 Å². The van der Waals surface area contributed by atoms with E-state index in [0.717, 1.165) is 39.0 Å². The molecule has 21 heavy (non-hydrogen) atoms. The predicted octanol–water partition coefficient (Wildman–Crippen LogP) is 2.50. The topological polar surface area (TPSA) is 32.3 Å². The molecular formula is C17H25ClN2O. The van der Waals surface area contributed by atoms with Crippen LogP contribution in [-0.2, 0) is 11.2 Å². The lowest BCUT2D eigenvalue weighted by Gasteiger charge is -2.31. The van der Waals surface area contributed by atoms with Gasteiger partial charge in [-0.2, -0.15) is 0 Å². The molecule has 2 aliphatic heterocycles. The van der Waals surface area contributed by atoms with Crippen LogP contribution in [0.15, 0.2) is 30.3 Å². The summed E-state index contributed by atoms with van der Waals surface area (Å²) in [4.78, 5) is 14.4. The lowest BCUT2D eigenvalue weighted by atomic mass is 9.83. The Labute approximate surface area is 133 Å². The van der Waals surface area contributed by atoms with Crippen LogP contribution in [0.4, 0.5) is 0 Å². The van der Waals surface area contributed by atoms with E-state index in [-0.39, 0.29) is 18.3 Å². The molecule has 1 unspecified atom stereocenters. The van der Waals surface area contributed by atoms with Crippen LogP contribution < -0.4 is 5.32 Å². The van der Waals surface area contributed by atoms with Crippen molar-refractivity contribution >= 4 is 18.3 Å². The number of nitrogens with zero attached hydrogens (tertiary/aromatic N) is 1. The highest BCUT2D eigenvalue weighted by Crippen LogP contribution is 2.35. The fraction of sp³-hybridized carbons (Fsp3) is 0.588. The summed E-state index contributed by atoms with van der Waals surface area (Å²) in [5.41, 5.74) is 1.70. The second-order valence-electron chi connectivity index (χ2n) is 6.66. The van der Waals surface area contributed by atoms with Gasteiger partial charge in [0.2, 0.25) is 5.91 Å². The fourth-order valence-electron chi connectivity index (χ4n) is 3.23. The first-order valence-electron chi connectivity index (χ1n) is 7.70. The summed E-state index contributed by atoms with van der Waals surface area (Å²) in [6.45, 7) is 5.96. The van der Waals surface area contributed by atoms with Gasteiger partial charge in [0.05, 0.1) is 5.92 Å². The van der Waals surface area contributed by atoms with Gasteiger partial charge >= 0.3 is 0 Å². The summed E-state index contributed by atoms with van der Waals surface area (Å²) in [5.74, 6) is 0.610. The molecule has 3 rings (SSSR count). The Kier molecular flexibility index (Phi) is 5.28. The van der Waals surface area contributed by atoms with E-state index >= 15 is 0 Å². The summed E-state index contributed by atoms with van der Waals surface area (Å²) >= 11 is 0. The highest BCUT2D eigenvalue weighted by molar-refractivity contribution is 5.85. The minimum atomic E-state index is 0. The molecule has 1 N–H and O–H groups in total. The zero-order valence-corrected chi connectivity index (χ0v) is 13.5. The van der Waals surface area contributed by atoms with E-state index in [9.17, 15) is 4.79 Å². The Morgan fingerprint density at radius 2 is 2.05 bits per heavy atom. The lowest BCUT2D eigenvalue weighted by molar-refractivity contribution is -0.136. The lowest BCUT2D eigenvalue weighted by Crippen LogP contribution is -2.51. The molecule has 1 amide bonds. The van der Waals surface area contributed by atoms with Gasteiger partial charge in [0.1, 0.15) is 0 Å². The minimum Gasteiger partial charge on any atom is -0.342 e. The number of halogens is 1. The summed E-state index contributed by atoms with van der Waals surface area (Å²) in [6, 6.07) is 10.7. The van der Waals surface area contributed by atoms with Crippen molar-refractivity contribution in [2.24, 2.45) is 11.3 Å². The molecule has 3 nitrogen and oxygen atoms in total. The maximum absolute atomic E-state index is 12.3. The summed E-state index contributed by atoms with van der Waals surface area (Å²) in [7, 11) is 0. The van der Waals surface area contributed by atoms with Crippen LogP contribution in [0.3, 0.4) is 0 Å². The SMILES string of the molecule is CC1(CCc2ccccc2)CCN(C(=O)C2CNC2)C1.Cl. The van der Waals surface area contributed by atoms with Crippen LogP contribution in [0.2, 0.25) is 0 Å². The number of benzene rings is 1. The van der Waals surface area contributed by atoms with Crippen LogP contribution in [-0.4, -0.2) is 37.0 Å². The molecule has 116 valence electrons. The van der Waals surface area contributed by atoms with Crippen molar-refractivity contribution in [3.8, 4) is 0 Å². The van der Waals surface area contributed by atoms with E-state index in [2.05, 4.69) is 47.5 Å². The van der Waals surface area contributed by atoms with Gasteiger partial charge in [0.25, 0.3) is 0 Å². The standard InChI is InChI=1S/C17H24N2O.ClH/c1-17(8-7-14-5-3-2-4-6-14)9-10-19(13-17)16(20)15-11-18-12-15;/h2-6,15,18H,7-13H2,1H3;1H. The Morgan fingerprint density at radius 3 is 2.67 bits per heavy atom. The number of hydrogen-bond acceptors (Lipinski definition) is 2. The van der Waals surface area contributed by atoms with Gasteiger partial charge in [-0.1, -0.05) is 37.3 Å². The fourth-order valence-corrected chi connectivity index (χ4v) is 3.23. The first-order chi connectivity index (χ1) is 9.66. The maximum atomic E-state index is 12.3. The van der Waals surface area contributed by atoms with Gasteiger partial charge in [-0.15, -0.1) is 12.4 Å².